The van der Waals surface area contributed by atoms with Crippen molar-refractivity contribution in [1.29, 1.82) is 0 Å². The molecule has 7 nitrogen and oxygen atoms in total. The predicted octanol–water partition coefficient (Wildman–Crippen LogP) is 5.22. The third-order valence-corrected chi connectivity index (χ3v) is 6.87. The highest BCUT2D eigenvalue weighted by Crippen LogP contribution is 2.29. The van der Waals surface area contributed by atoms with Crippen molar-refractivity contribution in [3.05, 3.63) is 53.7 Å². The number of hydrogen-bond acceptors (Lipinski definition) is 7. The number of pyridine rings is 1. The van der Waals surface area contributed by atoms with Gasteiger partial charge in [0.2, 0.25) is 5.88 Å². The molecular formula is C25H29N5O2S. The minimum absolute atomic E-state index is 0.0830. The van der Waals surface area contributed by atoms with Crippen LogP contribution in [0.1, 0.15) is 44.0 Å². The summed E-state index contributed by atoms with van der Waals surface area (Å²) in [5.41, 5.74) is 3.55. The van der Waals surface area contributed by atoms with Gasteiger partial charge in [-0.25, -0.2) is 14.5 Å². The number of ketones is 1. The van der Waals surface area contributed by atoms with Crippen LogP contribution in [0.15, 0.2) is 48.1 Å². The Bertz CT molecular complexity index is 1230. The molecule has 4 aromatic rings. The number of fused-ring (bicyclic) bond motifs is 1. The summed E-state index contributed by atoms with van der Waals surface area (Å²) in [6.45, 7) is 8.43. The van der Waals surface area contributed by atoms with Crippen LogP contribution in [0, 0.1) is 0 Å². The number of rotatable bonds is 10. The van der Waals surface area contributed by atoms with Crippen molar-refractivity contribution in [2.24, 2.45) is 0 Å². The quantitative estimate of drug-likeness (QED) is 0.300. The molecule has 172 valence electrons. The maximum absolute atomic E-state index is 13.1. The third kappa shape index (κ3) is 4.96. The highest BCUT2D eigenvalue weighted by atomic mass is 32.1. The van der Waals surface area contributed by atoms with E-state index in [0.29, 0.717) is 35.2 Å². The van der Waals surface area contributed by atoms with E-state index in [-0.39, 0.29) is 5.78 Å². The van der Waals surface area contributed by atoms with E-state index in [2.05, 4.69) is 35.8 Å². The summed E-state index contributed by atoms with van der Waals surface area (Å²) in [6.07, 6.45) is 4.91. The number of nitrogens with zero attached hydrogens (tertiary/aromatic N) is 5. The molecule has 8 heteroatoms. The molecule has 0 aliphatic rings. The third-order valence-electron chi connectivity index (χ3n) is 5.98. The number of ether oxygens (including phenoxy) is 1. The lowest BCUT2D eigenvalue weighted by Crippen LogP contribution is -2.33. The van der Waals surface area contributed by atoms with Crippen LogP contribution in [0.25, 0.3) is 27.5 Å². The number of carbonyl (C=O) groups excluding carboxylic acids is 1. The fourth-order valence-electron chi connectivity index (χ4n) is 4.03. The van der Waals surface area contributed by atoms with E-state index >= 15 is 0 Å². The first-order chi connectivity index (χ1) is 16.0. The van der Waals surface area contributed by atoms with Crippen molar-refractivity contribution < 1.29 is 9.53 Å². The highest BCUT2D eigenvalue weighted by molar-refractivity contribution is 7.13. The lowest BCUT2D eigenvalue weighted by Gasteiger charge is -2.26. The summed E-state index contributed by atoms with van der Waals surface area (Å²) >= 11 is 1.64. The van der Waals surface area contributed by atoms with E-state index in [9.17, 15) is 4.79 Å². The molecule has 0 spiro atoms. The minimum Gasteiger partial charge on any atom is -0.481 e. The smallest absolute Gasteiger partial charge is 0.214 e. The largest absolute Gasteiger partial charge is 0.481 e. The molecule has 0 saturated heterocycles. The Labute approximate surface area is 198 Å². The first-order valence-electron chi connectivity index (χ1n) is 11.3. The van der Waals surface area contributed by atoms with Crippen LogP contribution in [-0.4, -0.2) is 56.5 Å². The Morgan fingerprint density at radius 2 is 2.00 bits per heavy atom. The number of methoxy groups -OCH3 is 1. The van der Waals surface area contributed by atoms with Crippen LogP contribution in [0.2, 0.25) is 0 Å². The molecule has 4 aromatic heterocycles. The average molecular weight is 464 g/mol. The Morgan fingerprint density at radius 3 is 2.70 bits per heavy atom. The predicted molar refractivity (Wildman–Crippen MR) is 132 cm³/mol. The summed E-state index contributed by atoms with van der Waals surface area (Å²) in [6, 6.07) is 9.88. The molecule has 0 aromatic carbocycles. The van der Waals surface area contributed by atoms with Crippen LogP contribution >= 0.6 is 11.3 Å². The second-order valence-corrected chi connectivity index (χ2v) is 8.88. The van der Waals surface area contributed by atoms with E-state index in [4.69, 9.17) is 9.72 Å². The molecule has 0 bridgehead atoms. The zero-order chi connectivity index (χ0) is 23.4. The van der Waals surface area contributed by atoms with E-state index in [1.165, 1.54) is 0 Å². The van der Waals surface area contributed by atoms with Gasteiger partial charge in [0.25, 0.3) is 0 Å². The molecule has 1 atom stereocenters. The second kappa shape index (κ2) is 10.2. The summed E-state index contributed by atoms with van der Waals surface area (Å²) in [5.74, 6) is 0.487. The SMILES string of the molecule is CCN(CC)[C@@H](C)CCC(=O)c1cc(OC)nc(-c2cnn3ccc(-c4cccs4)nc23)c1. The van der Waals surface area contributed by atoms with Gasteiger partial charge in [0.1, 0.15) is 0 Å². The van der Waals surface area contributed by atoms with Gasteiger partial charge < -0.3 is 9.64 Å². The Morgan fingerprint density at radius 1 is 1.18 bits per heavy atom. The van der Waals surface area contributed by atoms with Crippen LogP contribution in [0.4, 0.5) is 0 Å². The van der Waals surface area contributed by atoms with Crippen LogP contribution in [0.3, 0.4) is 0 Å². The number of aromatic nitrogens is 4. The number of thiophene rings is 1. The van der Waals surface area contributed by atoms with E-state index in [0.717, 1.165) is 35.6 Å². The molecule has 0 amide bonds. The zero-order valence-electron chi connectivity index (χ0n) is 19.5. The molecule has 0 aliphatic carbocycles. The van der Waals surface area contributed by atoms with Crippen molar-refractivity contribution in [1.82, 2.24) is 24.5 Å². The van der Waals surface area contributed by atoms with Gasteiger partial charge in [-0.3, -0.25) is 4.79 Å². The Balaban J connectivity index is 1.65. The summed E-state index contributed by atoms with van der Waals surface area (Å²) in [7, 11) is 1.56. The van der Waals surface area contributed by atoms with Crippen molar-refractivity contribution in [3.63, 3.8) is 0 Å². The molecule has 0 radical (unpaired) electrons. The molecule has 0 unspecified atom stereocenters. The minimum atomic E-state index is 0.0830. The van der Waals surface area contributed by atoms with Gasteiger partial charge in [0.05, 0.1) is 35.1 Å². The van der Waals surface area contributed by atoms with Gasteiger partial charge in [-0.05, 0) is 50.0 Å². The molecule has 4 heterocycles. The van der Waals surface area contributed by atoms with Gasteiger partial charge in [0, 0.05) is 30.3 Å². The molecule has 0 fully saturated rings. The highest BCUT2D eigenvalue weighted by Gasteiger charge is 2.18. The van der Waals surface area contributed by atoms with Crippen molar-refractivity contribution in [2.45, 2.75) is 39.7 Å². The number of carbonyl (C=O) groups is 1. The topological polar surface area (TPSA) is 72.6 Å². The molecular weight excluding hydrogens is 434 g/mol. The standard InChI is InChI=1S/C25H29N5O2S/c1-5-29(6-2)17(3)9-10-22(31)18-14-21(27-24(15-18)32-4)19-16-26-30-12-11-20(28-25(19)30)23-8-7-13-33-23/h7-8,11-17H,5-6,9-10H2,1-4H3/t17-/m0/s1. The lowest BCUT2D eigenvalue weighted by atomic mass is 10.0. The lowest BCUT2D eigenvalue weighted by molar-refractivity contribution is 0.0964. The first-order valence-corrected chi connectivity index (χ1v) is 12.1. The molecule has 0 N–H and O–H groups in total. The summed E-state index contributed by atoms with van der Waals surface area (Å²) < 4.78 is 7.14. The Hall–Kier alpha value is -3.10. The zero-order valence-corrected chi connectivity index (χ0v) is 20.3. The molecule has 4 rings (SSSR count). The van der Waals surface area contributed by atoms with Crippen LogP contribution in [-0.2, 0) is 0 Å². The monoisotopic (exact) mass is 463 g/mol. The van der Waals surface area contributed by atoms with Crippen LogP contribution in [0.5, 0.6) is 5.88 Å². The van der Waals surface area contributed by atoms with Gasteiger partial charge in [-0.15, -0.1) is 11.3 Å². The fraction of sp³-hybridized carbons (Fsp3) is 0.360. The van der Waals surface area contributed by atoms with E-state index in [1.807, 2.05) is 35.8 Å². The van der Waals surface area contributed by atoms with Gasteiger partial charge in [-0.1, -0.05) is 19.9 Å². The Kier molecular flexibility index (Phi) is 7.15. The van der Waals surface area contributed by atoms with Crippen LogP contribution < -0.4 is 4.74 Å². The number of hydrogen-bond donors (Lipinski definition) is 0. The second-order valence-electron chi connectivity index (χ2n) is 7.93. The molecule has 0 aliphatic heterocycles. The molecule has 33 heavy (non-hydrogen) atoms. The van der Waals surface area contributed by atoms with Gasteiger partial charge in [-0.2, -0.15) is 5.10 Å². The van der Waals surface area contributed by atoms with E-state index in [1.54, 1.807) is 35.2 Å². The maximum Gasteiger partial charge on any atom is 0.214 e. The van der Waals surface area contributed by atoms with Gasteiger partial charge in [0.15, 0.2) is 11.4 Å². The van der Waals surface area contributed by atoms with Gasteiger partial charge >= 0.3 is 0 Å². The number of Topliss-reactive ketones (excluding diaryl/α,β-unsaturated/α-hetero) is 1. The maximum atomic E-state index is 13.1. The average Bonchev–Trinajstić information content (AvgIpc) is 3.52. The van der Waals surface area contributed by atoms with Crippen molar-refractivity contribution in [3.8, 4) is 27.7 Å². The van der Waals surface area contributed by atoms with Crippen molar-refractivity contribution in [2.75, 3.05) is 20.2 Å². The normalized spacial score (nSPS) is 12.4. The van der Waals surface area contributed by atoms with E-state index < -0.39 is 0 Å². The summed E-state index contributed by atoms with van der Waals surface area (Å²) in [4.78, 5) is 25.9. The van der Waals surface area contributed by atoms with Crippen molar-refractivity contribution >= 4 is 22.8 Å². The molecule has 0 saturated carbocycles. The fourth-order valence-corrected chi connectivity index (χ4v) is 4.73. The first kappa shape index (κ1) is 23.1. The summed E-state index contributed by atoms with van der Waals surface area (Å²) in [5, 5.41) is 6.46.